The van der Waals surface area contributed by atoms with Gasteiger partial charge in [0.1, 0.15) is 17.6 Å². The van der Waals surface area contributed by atoms with E-state index < -0.39 is 24.7 Å². The van der Waals surface area contributed by atoms with E-state index in [9.17, 15) is 18.0 Å². The van der Waals surface area contributed by atoms with E-state index in [-0.39, 0.29) is 5.75 Å². The standard InChI is InChI=1S/C17H15F3O3/c1-12(21)22-14-7-9-15(10-8-14)23-16(11-17(18,19)20)13-5-3-2-4-6-13/h2-10,16H,11H2,1H3. The maximum atomic E-state index is 12.8. The van der Waals surface area contributed by atoms with Crippen molar-refractivity contribution in [1.29, 1.82) is 0 Å². The number of carbonyl (C=O) groups excluding carboxylic acids is 1. The van der Waals surface area contributed by atoms with Crippen LogP contribution in [0.5, 0.6) is 11.5 Å². The third kappa shape index (κ3) is 5.65. The van der Waals surface area contributed by atoms with Crippen LogP contribution in [-0.4, -0.2) is 12.1 Å². The molecule has 0 aliphatic heterocycles. The Hall–Kier alpha value is -2.50. The van der Waals surface area contributed by atoms with Gasteiger partial charge in [0.25, 0.3) is 0 Å². The first-order valence-corrected chi connectivity index (χ1v) is 6.90. The average Bonchev–Trinajstić information content (AvgIpc) is 2.47. The first kappa shape index (κ1) is 16.9. The van der Waals surface area contributed by atoms with E-state index in [0.29, 0.717) is 11.3 Å². The van der Waals surface area contributed by atoms with Crippen LogP contribution >= 0.6 is 0 Å². The largest absolute Gasteiger partial charge is 0.485 e. The highest BCUT2D eigenvalue weighted by Crippen LogP contribution is 2.33. The van der Waals surface area contributed by atoms with Crippen molar-refractivity contribution in [2.75, 3.05) is 0 Å². The summed E-state index contributed by atoms with van der Waals surface area (Å²) in [6.07, 6.45) is -6.59. The summed E-state index contributed by atoms with van der Waals surface area (Å²) in [5.41, 5.74) is 0.439. The van der Waals surface area contributed by atoms with Gasteiger partial charge in [0.2, 0.25) is 0 Å². The van der Waals surface area contributed by atoms with Gasteiger partial charge >= 0.3 is 12.1 Å². The molecule has 0 aliphatic carbocycles. The number of alkyl halides is 3. The lowest BCUT2D eigenvalue weighted by atomic mass is 10.1. The molecule has 3 nitrogen and oxygen atoms in total. The number of ether oxygens (including phenoxy) is 2. The van der Waals surface area contributed by atoms with Gasteiger partial charge in [-0.1, -0.05) is 30.3 Å². The number of hydrogen-bond donors (Lipinski definition) is 0. The lowest BCUT2D eigenvalue weighted by Gasteiger charge is -2.21. The van der Waals surface area contributed by atoms with E-state index in [1.165, 1.54) is 31.2 Å². The molecule has 1 unspecified atom stereocenters. The van der Waals surface area contributed by atoms with E-state index in [4.69, 9.17) is 9.47 Å². The zero-order chi connectivity index (χ0) is 16.9. The molecule has 0 bridgehead atoms. The maximum Gasteiger partial charge on any atom is 0.392 e. The summed E-state index contributed by atoms with van der Waals surface area (Å²) in [6.45, 7) is 1.26. The van der Waals surface area contributed by atoms with Gasteiger partial charge in [-0.05, 0) is 29.8 Å². The quantitative estimate of drug-likeness (QED) is 0.591. The molecule has 0 radical (unpaired) electrons. The van der Waals surface area contributed by atoms with Crippen LogP contribution in [0.2, 0.25) is 0 Å². The van der Waals surface area contributed by atoms with Gasteiger partial charge in [-0.15, -0.1) is 0 Å². The maximum absolute atomic E-state index is 12.8. The second kappa shape index (κ2) is 7.17. The van der Waals surface area contributed by atoms with E-state index in [2.05, 4.69) is 0 Å². The molecular formula is C17H15F3O3. The Balaban J connectivity index is 2.15. The number of rotatable bonds is 5. The van der Waals surface area contributed by atoms with Gasteiger partial charge in [0.05, 0.1) is 6.42 Å². The summed E-state index contributed by atoms with van der Waals surface area (Å²) >= 11 is 0. The predicted molar refractivity (Wildman–Crippen MR) is 78.2 cm³/mol. The van der Waals surface area contributed by atoms with Gasteiger partial charge in [-0.3, -0.25) is 4.79 Å². The molecule has 122 valence electrons. The molecule has 0 heterocycles. The first-order valence-electron chi connectivity index (χ1n) is 6.90. The van der Waals surface area contributed by atoms with Crippen molar-refractivity contribution in [2.24, 2.45) is 0 Å². The molecule has 0 N–H and O–H groups in total. The van der Waals surface area contributed by atoms with Crippen LogP contribution in [0, 0.1) is 0 Å². The minimum atomic E-state index is -4.35. The lowest BCUT2D eigenvalue weighted by molar-refractivity contribution is -0.151. The normalized spacial score (nSPS) is 12.5. The fourth-order valence-corrected chi connectivity index (χ4v) is 2.02. The Labute approximate surface area is 131 Å². The highest BCUT2D eigenvalue weighted by atomic mass is 19.4. The zero-order valence-electron chi connectivity index (χ0n) is 12.3. The minimum absolute atomic E-state index is 0.263. The van der Waals surface area contributed by atoms with Crippen LogP contribution in [0.3, 0.4) is 0 Å². The van der Waals surface area contributed by atoms with E-state index in [0.717, 1.165) is 0 Å². The van der Waals surface area contributed by atoms with Crippen molar-refractivity contribution in [3.63, 3.8) is 0 Å². The van der Waals surface area contributed by atoms with Gasteiger partial charge in [-0.25, -0.2) is 0 Å². The Bertz CT molecular complexity index is 636. The van der Waals surface area contributed by atoms with Crippen LogP contribution in [0.15, 0.2) is 54.6 Å². The third-order valence-corrected chi connectivity index (χ3v) is 2.95. The van der Waals surface area contributed by atoms with Crippen molar-refractivity contribution in [2.45, 2.75) is 25.6 Å². The summed E-state index contributed by atoms with van der Waals surface area (Å²) in [6, 6.07) is 14.1. The van der Waals surface area contributed by atoms with Gasteiger partial charge in [0.15, 0.2) is 0 Å². The van der Waals surface area contributed by atoms with Gasteiger partial charge in [0, 0.05) is 6.92 Å². The predicted octanol–water partition coefficient (Wildman–Crippen LogP) is 4.68. The number of esters is 1. The summed E-state index contributed by atoms with van der Waals surface area (Å²) in [5.74, 6) is 0.0915. The number of halogens is 3. The smallest absolute Gasteiger partial charge is 0.392 e. The molecule has 1 atom stereocenters. The van der Waals surface area contributed by atoms with Crippen molar-refractivity contribution >= 4 is 5.97 Å². The van der Waals surface area contributed by atoms with Crippen molar-refractivity contribution in [3.8, 4) is 11.5 Å². The van der Waals surface area contributed by atoms with Crippen molar-refractivity contribution in [1.82, 2.24) is 0 Å². The molecule has 0 spiro atoms. The lowest BCUT2D eigenvalue weighted by Crippen LogP contribution is -2.18. The molecule has 0 fully saturated rings. The molecule has 23 heavy (non-hydrogen) atoms. The van der Waals surface area contributed by atoms with Gasteiger partial charge < -0.3 is 9.47 Å². The Morgan fingerprint density at radius 3 is 2.09 bits per heavy atom. The second-order valence-electron chi connectivity index (χ2n) is 4.90. The molecular weight excluding hydrogens is 309 g/mol. The van der Waals surface area contributed by atoms with Gasteiger partial charge in [-0.2, -0.15) is 13.2 Å². The topological polar surface area (TPSA) is 35.5 Å². The SMILES string of the molecule is CC(=O)Oc1ccc(OC(CC(F)(F)F)c2ccccc2)cc1. The highest BCUT2D eigenvalue weighted by molar-refractivity contribution is 5.69. The molecule has 0 saturated heterocycles. The average molecular weight is 324 g/mol. The Kier molecular flexibility index (Phi) is 5.26. The van der Waals surface area contributed by atoms with Crippen molar-refractivity contribution < 1.29 is 27.4 Å². The fraction of sp³-hybridized carbons (Fsp3) is 0.235. The summed E-state index contributed by atoms with van der Waals surface area (Å²) in [5, 5.41) is 0. The molecule has 0 saturated carbocycles. The minimum Gasteiger partial charge on any atom is -0.485 e. The summed E-state index contributed by atoms with van der Waals surface area (Å²) in [4.78, 5) is 10.8. The molecule has 0 aromatic heterocycles. The Morgan fingerprint density at radius 2 is 1.57 bits per heavy atom. The van der Waals surface area contributed by atoms with E-state index in [1.807, 2.05) is 0 Å². The zero-order valence-corrected chi connectivity index (χ0v) is 12.3. The monoisotopic (exact) mass is 324 g/mol. The second-order valence-corrected chi connectivity index (χ2v) is 4.90. The van der Waals surface area contributed by atoms with Crippen LogP contribution in [-0.2, 0) is 4.79 Å². The molecule has 2 rings (SSSR count). The molecule has 6 heteroatoms. The van der Waals surface area contributed by atoms with Crippen LogP contribution in [0.1, 0.15) is 25.0 Å². The molecule has 0 aliphatic rings. The molecule has 2 aromatic rings. The highest BCUT2D eigenvalue weighted by Gasteiger charge is 2.33. The van der Waals surface area contributed by atoms with E-state index in [1.54, 1.807) is 30.3 Å². The third-order valence-electron chi connectivity index (χ3n) is 2.95. The Morgan fingerprint density at radius 1 is 1.00 bits per heavy atom. The fourth-order valence-electron chi connectivity index (χ4n) is 2.02. The van der Waals surface area contributed by atoms with Crippen LogP contribution in [0.25, 0.3) is 0 Å². The molecule has 2 aromatic carbocycles. The van der Waals surface area contributed by atoms with Crippen molar-refractivity contribution in [3.05, 3.63) is 60.2 Å². The number of benzene rings is 2. The van der Waals surface area contributed by atoms with E-state index >= 15 is 0 Å². The first-order chi connectivity index (χ1) is 10.8. The van der Waals surface area contributed by atoms with Crippen LogP contribution in [0.4, 0.5) is 13.2 Å². The number of carbonyl (C=O) groups is 1. The number of hydrogen-bond acceptors (Lipinski definition) is 3. The molecule has 0 amide bonds. The summed E-state index contributed by atoms with van der Waals surface area (Å²) in [7, 11) is 0. The van der Waals surface area contributed by atoms with Crippen LogP contribution < -0.4 is 9.47 Å². The summed E-state index contributed by atoms with van der Waals surface area (Å²) < 4.78 is 48.6.